The fourth-order valence-corrected chi connectivity index (χ4v) is 3.60. The third-order valence-electron chi connectivity index (χ3n) is 5.29. The number of piperazine rings is 1. The highest BCUT2D eigenvalue weighted by Gasteiger charge is 2.38. The molecule has 0 spiro atoms. The van der Waals surface area contributed by atoms with Gasteiger partial charge in [-0.05, 0) is 24.5 Å². The zero-order valence-electron chi connectivity index (χ0n) is 18.0. The van der Waals surface area contributed by atoms with Crippen molar-refractivity contribution < 1.29 is 29.0 Å². The number of nitrogens with zero attached hydrogens (tertiary/aromatic N) is 3. The van der Waals surface area contributed by atoms with E-state index in [9.17, 15) is 34.6 Å². The molecule has 2 aromatic rings. The summed E-state index contributed by atoms with van der Waals surface area (Å²) < 4.78 is 5.21. The first-order chi connectivity index (χ1) is 16.3. The molecule has 1 aliphatic rings. The third-order valence-corrected chi connectivity index (χ3v) is 5.29. The van der Waals surface area contributed by atoms with Gasteiger partial charge in [-0.2, -0.15) is 0 Å². The molecular weight excluding hydrogens is 448 g/mol. The summed E-state index contributed by atoms with van der Waals surface area (Å²) in [5.41, 5.74) is -0.624. The average molecular weight is 470 g/mol. The number of rotatable bonds is 9. The SMILES string of the molecule is O=C(CC1C(=O)NCCN1C(=O)c1ccc([N+](=O)[O-])cc1[N+](=O)[O-])OCCCc1ccccc1. The molecule has 2 amide bonds. The van der Waals surface area contributed by atoms with Gasteiger partial charge >= 0.3 is 5.97 Å². The van der Waals surface area contributed by atoms with Crippen LogP contribution >= 0.6 is 0 Å². The maximum atomic E-state index is 13.1. The molecule has 0 radical (unpaired) electrons. The van der Waals surface area contributed by atoms with Crippen molar-refractivity contribution in [1.29, 1.82) is 0 Å². The van der Waals surface area contributed by atoms with Gasteiger partial charge in [0.25, 0.3) is 17.3 Å². The van der Waals surface area contributed by atoms with Crippen LogP contribution in [0.15, 0.2) is 48.5 Å². The van der Waals surface area contributed by atoms with Crippen molar-refractivity contribution in [3.05, 3.63) is 79.9 Å². The number of nitro benzene ring substituents is 2. The first-order valence-corrected chi connectivity index (χ1v) is 10.5. The summed E-state index contributed by atoms with van der Waals surface area (Å²) in [5, 5.41) is 24.9. The summed E-state index contributed by atoms with van der Waals surface area (Å²) in [5.74, 6) is -2.16. The van der Waals surface area contributed by atoms with Crippen LogP contribution < -0.4 is 5.32 Å². The maximum Gasteiger partial charge on any atom is 0.308 e. The van der Waals surface area contributed by atoms with E-state index in [0.29, 0.717) is 18.9 Å². The molecule has 34 heavy (non-hydrogen) atoms. The van der Waals surface area contributed by atoms with Gasteiger partial charge in [-0.15, -0.1) is 0 Å². The Morgan fingerprint density at radius 3 is 2.50 bits per heavy atom. The smallest absolute Gasteiger partial charge is 0.308 e. The van der Waals surface area contributed by atoms with Gasteiger partial charge < -0.3 is 15.0 Å². The lowest BCUT2D eigenvalue weighted by Gasteiger charge is -2.34. The number of benzene rings is 2. The van der Waals surface area contributed by atoms with Gasteiger partial charge in [-0.1, -0.05) is 30.3 Å². The van der Waals surface area contributed by atoms with Gasteiger partial charge in [0.15, 0.2) is 0 Å². The van der Waals surface area contributed by atoms with Gasteiger partial charge in [0.05, 0.1) is 28.9 Å². The number of aryl methyl sites for hydroxylation is 1. The second-order valence-corrected chi connectivity index (χ2v) is 7.53. The van der Waals surface area contributed by atoms with E-state index in [1.165, 1.54) is 0 Å². The number of esters is 1. The molecule has 12 heteroatoms. The fraction of sp³-hybridized carbons (Fsp3) is 0.318. The molecule has 1 fully saturated rings. The highest BCUT2D eigenvalue weighted by molar-refractivity contribution is 6.02. The molecule has 1 saturated heterocycles. The zero-order chi connectivity index (χ0) is 24.7. The molecule has 178 valence electrons. The normalized spacial score (nSPS) is 15.4. The summed E-state index contributed by atoms with van der Waals surface area (Å²) in [6.07, 6.45) is 0.848. The molecule has 0 aliphatic carbocycles. The summed E-state index contributed by atoms with van der Waals surface area (Å²) in [6, 6.07) is 11.0. The maximum absolute atomic E-state index is 13.1. The Bertz CT molecular complexity index is 1110. The number of ether oxygens (including phenoxy) is 1. The molecule has 0 aromatic heterocycles. The minimum absolute atomic E-state index is 0.00463. The minimum atomic E-state index is -1.22. The van der Waals surface area contributed by atoms with Crippen molar-refractivity contribution in [2.24, 2.45) is 0 Å². The lowest BCUT2D eigenvalue weighted by molar-refractivity contribution is -0.394. The number of hydrogen-bond donors (Lipinski definition) is 1. The first-order valence-electron chi connectivity index (χ1n) is 10.5. The number of carbonyl (C=O) groups is 3. The van der Waals surface area contributed by atoms with Crippen molar-refractivity contribution in [1.82, 2.24) is 10.2 Å². The average Bonchev–Trinajstić information content (AvgIpc) is 2.83. The van der Waals surface area contributed by atoms with Crippen molar-refractivity contribution in [3.8, 4) is 0 Å². The Morgan fingerprint density at radius 2 is 1.82 bits per heavy atom. The van der Waals surface area contributed by atoms with Gasteiger partial charge in [0, 0.05) is 19.2 Å². The lowest BCUT2D eigenvalue weighted by Crippen LogP contribution is -2.57. The molecule has 0 bridgehead atoms. The Kier molecular flexibility index (Phi) is 7.85. The highest BCUT2D eigenvalue weighted by atomic mass is 16.6. The van der Waals surface area contributed by atoms with Gasteiger partial charge in [-0.3, -0.25) is 34.6 Å². The largest absolute Gasteiger partial charge is 0.466 e. The van der Waals surface area contributed by atoms with Crippen LogP contribution in [-0.4, -0.2) is 58.3 Å². The van der Waals surface area contributed by atoms with E-state index >= 15 is 0 Å². The second kappa shape index (κ2) is 11.0. The molecule has 0 saturated carbocycles. The second-order valence-electron chi connectivity index (χ2n) is 7.53. The molecule has 1 heterocycles. The van der Waals surface area contributed by atoms with Crippen LogP contribution in [-0.2, 0) is 20.7 Å². The molecule has 1 N–H and O–H groups in total. The highest BCUT2D eigenvalue weighted by Crippen LogP contribution is 2.27. The van der Waals surface area contributed by atoms with Crippen LogP contribution in [0.1, 0.15) is 28.8 Å². The van der Waals surface area contributed by atoms with E-state index in [1.54, 1.807) is 0 Å². The lowest BCUT2D eigenvalue weighted by atomic mass is 10.0. The number of hydrogen-bond acceptors (Lipinski definition) is 8. The molecule has 1 unspecified atom stereocenters. The van der Waals surface area contributed by atoms with Crippen LogP contribution in [0.4, 0.5) is 11.4 Å². The van der Waals surface area contributed by atoms with Crippen molar-refractivity contribution in [3.63, 3.8) is 0 Å². The van der Waals surface area contributed by atoms with Crippen molar-refractivity contribution in [2.45, 2.75) is 25.3 Å². The number of nitrogens with one attached hydrogen (secondary N) is 1. The molecule has 2 aromatic carbocycles. The molecule has 1 aliphatic heterocycles. The number of amides is 2. The summed E-state index contributed by atoms with van der Waals surface area (Å²) in [6.45, 7) is 0.225. The van der Waals surface area contributed by atoms with E-state index in [0.717, 1.165) is 22.6 Å². The van der Waals surface area contributed by atoms with Crippen LogP contribution in [0.25, 0.3) is 0 Å². The van der Waals surface area contributed by atoms with Gasteiger partial charge in [0.2, 0.25) is 5.91 Å². The monoisotopic (exact) mass is 470 g/mol. The third kappa shape index (κ3) is 5.91. The Hall–Kier alpha value is -4.35. The van der Waals surface area contributed by atoms with E-state index in [4.69, 9.17) is 4.74 Å². The minimum Gasteiger partial charge on any atom is -0.466 e. The van der Waals surface area contributed by atoms with E-state index in [1.807, 2.05) is 30.3 Å². The summed E-state index contributed by atoms with van der Waals surface area (Å²) in [7, 11) is 0. The van der Waals surface area contributed by atoms with Crippen LogP contribution in [0, 0.1) is 20.2 Å². The van der Waals surface area contributed by atoms with E-state index < -0.39 is 57.0 Å². The van der Waals surface area contributed by atoms with E-state index in [-0.39, 0.29) is 19.7 Å². The number of carbonyl (C=O) groups excluding carboxylic acids is 3. The molecule has 12 nitrogen and oxygen atoms in total. The van der Waals surface area contributed by atoms with Crippen molar-refractivity contribution in [2.75, 3.05) is 19.7 Å². The zero-order valence-corrected chi connectivity index (χ0v) is 18.0. The first kappa shape index (κ1) is 24.3. The topological polar surface area (TPSA) is 162 Å². The van der Waals surface area contributed by atoms with Crippen molar-refractivity contribution >= 4 is 29.2 Å². The van der Waals surface area contributed by atoms with Crippen LogP contribution in [0.5, 0.6) is 0 Å². The van der Waals surface area contributed by atoms with E-state index in [2.05, 4.69) is 5.32 Å². The fourth-order valence-electron chi connectivity index (χ4n) is 3.60. The molecule has 1 atom stereocenters. The Balaban J connectivity index is 1.68. The predicted molar refractivity (Wildman–Crippen MR) is 118 cm³/mol. The summed E-state index contributed by atoms with van der Waals surface area (Å²) >= 11 is 0. The number of nitro groups is 2. The standard InChI is InChI=1S/C22H22N4O8/c27-20(34-12-4-7-15-5-2-1-3-6-15)14-19-21(28)23-10-11-24(19)22(29)17-9-8-16(25(30)31)13-18(17)26(32)33/h1-3,5-6,8-9,13,19H,4,7,10-12,14H2,(H,23,28). The Morgan fingerprint density at radius 1 is 1.09 bits per heavy atom. The molecule has 3 rings (SSSR count). The quantitative estimate of drug-likeness (QED) is 0.252. The summed E-state index contributed by atoms with van der Waals surface area (Å²) in [4.78, 5) is 59.5. The van der Waals surface area contributed by atoms with Gasteiger partial charge in [0.1, 0.15) is 11.6 Å². The number of non-ortho nitro benzene ring substituents is 1. The van der Waals surface area contributed by atoms with Crippen LogP contribution in [0.2, 0.25) is 0 Å². The van der Waals surface area contributed by atoms with Crippen LogP contribution in [0.3, 0.4) is 0 Å². The predicted octanol–water partition coefficient (Wildman–Crippen LogP) is 2.01. The Labute approximate surface area is 193 Å². The van der Waals surface area contributed by atoms with Gasteiger partial charge in [-0.25, -0.2) is 0 Å². The molecular formula is C22H22N4O8.